The zero-order valence-electron chi connectivity index (χ0n) is 9.48. The Hall–Kier alpha value is -2.17. The van der Waals surface area contributed by atoms with E-state index in [4.69, 9.17) is 4.74 Å². The molecule has 2 aromatic rings. The second-order valence-electron chi connectivity index (χ2n) is 3.51. The van der Waals surface area contributed by atoms with Crippen LogP contribution >= 0.6 is 0 Å². The topological polar surface area (TPSA) is 44.1 Å². The number of ether oxygens (including phenoxy) is 1. The summed E-state index contributed by atoms with van der Waals surface area (Å²) in [6, 6.07) is 4.44. The number of imidazole rings is 1. The van der Waals surface area contributed by atoms with Gasteiger partial charge in [0, 0.05) is 19.4 Å². The van der Waals surface area contributed by atoms with Gasteiger partial charge in [-0.25, -0.2) is 9.37 Å². The number of carbonyl (C=O) groups excluding carboxylic acids is 1. The van der Waals surface area contributed by atoms with E-state index in [0.717, 1.165) is 0 Å². The average molecular weight is 234 g/mol. The van der Waals surface area contributed by atoms with Crippen molar-refractivity contribution >= 4 is 5.78 Å². The van der Waals surface area contributed by atoms with Gasteiger partial charge in [-0.2, -0.15) is 0 Å². The fourth-order valence-electron chi connectivity index (χ4n) is 1.55. The number of halogens is 1. The molecule has 1 heterocycles. The fraction of sp³-hybridized carbons (Fsp3) is 0.167. The highest BCUT2D eigenvalue weighted by Gasteiger charge is 2.19. The second kappa shape index (κ2) is 4.37. The number of hydrogen-bond acceptors (Lipinski definition) is 3. The summed E-state index contributed by atoms with van der Waals surface area (Å²) in [5.74, 6) is -0.890. The molecule has 0 N–H and O–H groups in total. The van der Waals surface area contributed by atoms with Crippen LogP contribution in [0, 0.1) is 5.82 Å². The second-order valence-corrected chi connectivity index (χ2v) is 3.51. The lowest BCUT2D eigenvalue weighted by Gasteiger charge is -2.06. The molecule has 0 aliphatic rings. The van der Waals surface area contributed by atoms with Crippen molar-refractivity contribution in [2.45, 2.75) is 0 Å². The standard InChI is InChI=1S/C12H11FN2O2/c1-15-7-6-14-12(15)11(16)8-4-3-5-9(17-2)10(8)13/h3-7H,1-2H3. The molecule has 4 nitrogen and oxygen atoms in total. The van der Waals surface area contributed by atoms with Crippen LogP contribution in [0.3, 0.4) is 0 Å². The van der Waals surface area contributed by atoms with E-state index in [1.807, 2.05) is 0 Å². The van der Waals surface area contributed by atoms with Crippen molar-refractivity contribution in [2.75, 3.05) is 7.11 Å². The van der Waals surface area contributed by atoms with E-state index in [1.54, 1.807) is 23.9 Å². The van der Waals surface area contributed by atoms with Crippen LogP contribution in [0.1, 0.15) is 16.2 Å². The van der Waals surface area contributed by atoms with Crippen LogP contribution < -0.4 is 4.74 Å². The maximum atomic E-state index is 13.9. The predicted octanol–water partition coefficient (Wildman–Crippen LogP) is 1.80. The number of methoxy groups -OCH3 is 1. The van der Waals surface area contributed by atoms with E-state index in [9.17, 15) is 9.18 Å². The number of ketones is 1. The van der Waals surface area contributed by atoms with Crippen molar-refractivity contribution in [3.05, 3.63) is 47.8 Å². The van der Waals surface area contributed by atoms with Crippen molar-refractivity contribution in [3.8, 4) is 5.75 Å². The van der Waals surface area contributed by atoms with Gasteiger partial charge < -0.3 is 9.30 Å². The Labute approximate surface area is 97.7 Å². The third-order valence-corrected chi connectivity index (χ3v) is 2.45. The van der Waals surface area contributed by atoms with Gasteiger partial charge in [0.1, 0.15) is 0 Å². The molecular weight excluding hydrogens is 223 g/mol. The maximum absolute atomic E-state index is 13.9. The molecule has 0 amide bonds. The first-order valence-electron chi connectivity index (χ1n) is 4.99. The highest BCUT2D eigenvalue weighted by atomic mass is 19.1. The summed E-state index contributed by atoms with van der Waals surface area (Å²) >= 11 is 0. The molecule has 17 heavy (non-hydrogen) atoms. The van der Waals surface area contributed by atoms with E-state index < -0.39 is 11.6 Å². The average Bonchev–Trinajstić information content (AvgIpc) is 2.75. The van der Waals surface area contributed by atoms with Gasteiger partial charge in [0.05, 0.1) is 12.7 Å². The van der Waals surface area contributed by atoms with Gasteiger partial charge in [-0.3, -0.25) is 4.79 Å². The molecule has 1 aromatic heterocycles. The number of carbonyl (C=O) groups is 1. The van der Waals surface area contributed by atoms with Gasteiger partial charge in [0.2, 0.25) is 5.78 Å². The zero-order valence-corrected chi connectivity index (χ0v) is 9.48. The van der Waals surface area contributed by atoms with E-state index in [0.29, 0.717) is 0 Å². The van der Waals surface area contributed by atoms with Gasteiger partial charge in [0.25, 0.3) is 0 Å². The minimum absolute atomic E-state index is 0.0429. The fourth-order valence-corrected chi connectivity index (χ4v) is 1.55. The number of nitrogens with zero attached hydrogens (tertiary/aromatic N) is 2. The lowest BCUT2D eigenvalue weighted by molar-refractivity contribution is 0.102. The molecule has 0 atom stereocenters. The van der Waals surface area contributed by atoms with Crippen molar-refractivity contribution in [3.63, 3.8) is 0 Å². The Morgan fingerprint density at radius 1 is 1.47 bits per heavy atom. The Morgan fingerprint density at radius 3 is 2.82 bits per heavy atom. The largest absolute Gasteiger partial charge is 0.494 e. The van der Waals surface area contributed by atoms with E-state index in [2.05, 4.69) is 4.98 Å². The number of hydrogen-bond donors (Lipinski definition) is 0. The third kappa shape index (κ3) is 1.91. The van der Waals surface area contributed by atoms with Crippen LogP contribution in [-0.2, 0) is 7.05 Å². The van der Waals surface area contributed by atoms with Gasteiger partial charge in [-0.15, -0.1) is 0 Å². The quantitative estimate of drug-likeness (QED) is 0.760. The van der Waals surface area contributed by atoms with Crippen molar-refractivity contribution in [2.24, 2.45) is 7.05 Å². The zero-order chi connectivity index (χ0) is 12.4. The number of aromatic nitrogens is 2. The normalized spacial score (nSPS) is 10.3. The number of aryl methyl sites for hydroxylation is 1. The first-order valence-corrected chi connectivity index (χ1v) is 4.99. The summed E-state index contributed by atoms with van der Waals surface area (Å²) in [5.41, 5.74) is -0.0429. The molecule has 0 spiro atoms. The highest BCUT2D eigenvalue weighted by Crippen LogP contribution is 2.21. The van der Waals surface area contributed by atoms with E-state index in [1.165, 1.54) is 25.4 Å². The molecule has 5 heteroatoms. The molecule has 0 radical (unpaired) electrons. The summed E-state index contributed by atoms with van der Waals surface area (Å²) in [6.07, 6.45) is 3.12. The third-order valence-electron chi connectivity index (χ3n) is 2.45. The van der Waals surface area contributed by atoms with Crippen LogP contribution in [0.25, 0.3) is 0 Å². The van der Waals surface area contributed by atoms with Gasteiger partial charge >= 0.3 is 0 Å². The first-order chi connectivity index (χ1) is 8.15. The SMILES string of the molecule is COc1cccc(C(=O)c2nccn2C)c1F. The summed E-state index contributed by atoms with van der Waals surface area (Å²) in [4.78, 5) is 15.9. The molecule has 2 rings (SSSR count). The van der Waals surface area contributed by atoms with Crippen LogP contribution in [0.4, 0.5) is 4.39 Å². The lowest BCUT2D eigenvalue weighted by Crippen LogP contribution is -2.11. The molecule has 0 aliphatic heterocycles. The maximum Gasteiger partial charge on any atom is 0.231 e. The summed E-state index contributed by atoms with van der Waals surface area (Å²) in [7, 11) is 3.03. The van der Waals surface area contributed by atoms with Crippen LogP contribution in [0.15, 0.2) is 30.6 Å². The summed E-state index contributed by atoms with van der Waals surface area (Å²) in [5, 5.41) is 0. The number of benzene rings is 1. The Balaban J connectivity index is 2.48. The molecule has 1 aromatic carbocycles. The molecule has 88 valence electrons. The van der Waals surface area contributed by atoms with E-state index in [-0.39, 0.29) is 17.1 Å². The van der Waals surface area contributed by atoms with Gasteiger partial charge in [0.15, 0.2) is 17.4 Å². The van der Waals surface area contributed by atoms with Crippen molar-refractivity contribution in [1.29, 1.82) is 0 Å². The molecule has 0 bridgehead atoms. The molecule has 0 saturated carbocycles. The predicted molar refractivity (Wildman–Crippen MR) is 59.6 cm³/mol. The smallest absolute Gasteiger partial charge is 0.231 e. The minimum atomic E-state index is -0.664. The summed E-state index contributed by atoms with van der Waals surface area (Å²) in [6.45, 7) is 0. The Morgan fingerprint density at radius 2 is 2.24 bits per heavy atom. The van der Waals surface area contributed by atoms with Gasteiger partial charge in [-0.05, 0) is 12.1 Å². The number of rotatable bonds is 3. The van der Waals surface area contributed by atoms with Crippen molar-refractivity contribution in [1.82, 2.24) is 9.55 Å². The van der Waals surface area contributed by atoms with Gasteiger partial charge in [-0.1, -0.05) is 6.07 Å². The monoisotopic (exact) mass is 234 g/mol. The van der Waals surface area contributed by atoms with Crippen LogP contribution in [-0.4, -0.2) is 22.4 Å². The molecular formula is C12H11FN2O2. The minimum Gasteiger partial charge on any atom is -0.494 e. The van der Waals surface area contributed by atoms with Crippen molar-refractivity contribution < 1.29 is 13.9 Å². The molecule has 0 unspecified atom stereocenters. The van der Waals surface area contributed by atoms with Crippen LogP contribution in [0.2, 0.25) is 0 Å². The van der Waals surface area contributed by atoms with E-state index >= 15 is 0 Å². The highest BCUT2D eigenvalue weighted by molar-refractivity contribution is 6.07. The first kappa shape index (κ1) is 11.3. The Bertz CT molecular complexity index is 563. The van der Waals surface area contributed by atoms with Crippen LogP contribution in [0.5, 0.6) is 5.75 Å². The molecule has 0 aliphatic carbocycles. The summed E-state index contributed by atoms with van der Waals surface area (Å²) < 4.78 is 20.2. The molecule has 0 fully saturated rings. The Kier molecular flexibility index (Phi) is 2.91. The molecule has 0 saturated heterocycles. The lowest BCUT2D eigenvalue weighted by atomic mass is 10.1.